The van der Waals surface area contributed by atoms with Crippen LogP contribution in [0.5, 0.6) is 0 Å². The highest BCUT2D eigenvalue weighted by atomic mass is 32.2. The van der Waals surface area contributed by atoms with Crippen molar-refractivity contribution < 1.29 is 30.6 Å². The Kier molecular flexibility index (Phi) is 4.06. The molecule has 2 heterocycles. The lowest BCUT2D eigenvalue weighted by molar-refractivity contribution is -0.131. The summed E-state index contributed by atoms with van der Waals surface area (Å²) in [4.78, 5) is 13.7. The van der Waals surface area contributed by atoms with E-state index in [9.17, 15) is 26.4 Å². The van der Waals surface area contributed by atoms with Crippen LogP contribution in [0.2, 0.25) is 0 Å². The summed E-state index contributed by atoms with van der Waals surface area (Å²) in [6, 6.07) is 7.75. The average Bonchev–Trinajstić information content (AvgIpc) is 2.87. The van der Waals surface area contributed by atoms with Gasteiger partial charge in [-0.3, -0.25) is 4.79 Å². The zero-order chi connectivity index (χ0) is 17.5. The number of hydrogen-bond acceptors (Lipinski definition) is 4. The Labute approximate surface area is 136 Å². The smallest absolute Gasteiger partial charge is 0.381 e. The van der Waals surface area contributed by atoms with Crippen LogP contribution in [-0.4, -0.2) is 30.8 Å². The van der Waals surface area contributed by atoms with E-state index in [0.717, 1.165) is 5.56 Å². The molecule has 2 atom stereocenters. The number of halogens is 3. The van der Waals surface area contributed by atoms with Crippen molar-refractivity contribution >= 4 is 16.0 Å². The van der Waals surface area contributed by atoms with Gasteiger partial charge in [-0.1, -0.05) is 30.3 Å². The first kappa shape index (κ1) is 16.8. The van der Waals surface area contributed by atoms with Gasteiger partial charge in [0.1, 0.15) is 5.76 Å². The SMILES string of the molecule is O=C1CCC2C=C(OS(=O)(=O)C(F)(F)F)CC(c3ccccc3)N12. The first-order valence-electron chi connectivity index (χ1n) is 7.26. The number of rotatable bonds is 3. The molecule has 5 nitrogen and oxygen atoms in total. The summed E-state index contributed by atoms with van der Waals surface area (Å²) in [6.07, 6.45) is 1.86. The van der Waals surface area contributed by atoms with Crippen molar-refractivity contribution in [3.05, 3.63) is 47.7 Å². The molecule has 2 aliphatic heterocycles. The molecule has 1 aromatic carbocycles. The Morgan fingerprint density at radius 2 is 1.83 bits per heavy atom. The lowest BCUT2D eigenvalue weighted by atomic mass is 9.95. The van der Waals surface area contributed by atoms with Gasteiger partial charge in [0.15, 0.2) is 0 Å². The average molecular weight is 361 g/mol. The molecule has 0 aromatic heterocycles. The molecule has 130 valence electrons. The van der Waals surface area contributed by atoms with E-state index in [-0.39, 0.29) is 24.5 Å². The minimum absolute atomic E-state index is 0.108. The van der Waals surface area contributed by atoms with Crippen molar-refractivity contribution in [3.63, 3.8) is 0 Å². The number of amides is 1. The number of fused-ring (bicyclic) bond motifs is 1. The number of benzene rings is 1. The highest BCUT2D eigenvalue weighted by molar-refractivity contribution is 7.87. The Morgan fingerprint density at radius 3 is 2.46 bits per heavy atom. The molecule has 1 saturated heterocycles. The first-order chi connectivity index (χ1) is 11.2. The van der Waals surface area contributed by atoms with Gasteiger partial charge in [0.25, 0.3) is 0 Å². The van der Waals surface area contributed by atoms with Crippen LogP contribution in [0.1, 0.15) is 30.9 Å². The maximum Gasteiger partial charge on any atom is 0.534 e. The number of carbonyl (C=O) groups is 1. The molecule has 24 heavy (non-hydrogen) atoms. The standard InChI is InChI=1S/C15H14F3NO4S/c16-15(17,18)24(21,22)23-12-8-11-6-7-14(20)19(11)13(9-12)10-4-2-1-3-5-10/h1-5,8,11,13H,6-7,9H2. The van der Waals surface area contributed by atoms with Crippen LogP contribution < -0.4 is 0 Å². The van der Waals surface area contributed by atoms with Gasteiger partial charge >= 0.3 is 15.6 Å². The van der Waals surface area contributed by atoms with E-state index in [1.54, 1.807) is 35.2 Å². The molecule has 9 heteroatoms. The van der Waals surface area contributed by atoms with Crippen LogP contribution in [0.3, 0.4) is 0 Å². The van der Waals surface area contributed by atoms with Gasteiger partial charge in [0.2, 0.25) is 5.91 Å². The third kappa shape index (κ3) is 3.00. The molecular weight excluding hydrogens is 347 g/mol. The summed E-state index contributed by atoms with van der Waals surface area (Å²) in [5, 5.41) is 0. The molecule has 0 N–H and O–H groups in total. The fraction of sp³-hybridized carbons (Fsp3) is 0.400. The predicted molar refractivity (Wildman–Crippen MR) is 77.8 cm³/mol. The summed E-state index contributed by atoms with van der Waals surface area (Å²) in [5.41, 5.74) is -4.77. The molecule has 2 unspecified atom stereocenters. The fourth-order valence-corrected chi connectivity index (χ4v) is 3.57. The van der Waals surface area contributed by atoms with Gasteiger partial charge in [0.05, 0.1) is 12.1 Å². The summed E-state index contributed by atoms with van der Waals surface area (Å²) in [6.45, 7) is 0. The number of alkyl halides is 3. The van der Waals surface area contributed by atoms with Gasteiger partial charge in [-0.05, 0) is 18.1 Å². The van der Waals surface area contributed by atoms with E-state index in [2.05, 4.69) is 4.18 Å². The molecule has 3 rings (SSSR count). The van der Waals surface area contributed by atoms with E-state index in [0.29, 0.717) is 6.42 Å². The van der Waals surface area contributed by atoms with E-state index in [1.165, 1.54) is 6.08 Å². The first-order valence-corrected chi connectivity index (χ1v) is 8.67. The van der Waals surface area contributed by atoms with Crippen LogP contribution in [0.15, 0.2) is 42.2 Å². The molecule has 0 radical (unpaired) electrons. The highest BCUT2D eigenvalue weighted by Crippen LogP contribution is 2.41. The quantitative estimate of drug-likeness (QED) is 0.613. The molecule has 2 aliphatic rings. The number of carbonyl (C=O) groups excluding carboxylic acids is 1. The third-order valence-electron chi connectivity index (χ3n) is 4.09. The summed E-state index contributed by atoms with van der Waals surface area (Å²) < 4.78 is 64.4. The number of nitrogens with zero attached hydrogens (tertiary/aromatic N) is 1. The van der Waals surface area contributed by atoms with Gasteiger partial charge in [0, 0.05) is 12.8 Å². The van der Waals surface area contributed by atoms with Gasteiger partial charge in [-0.15, -0.1) is 0 Å². The van der Waals surface area contributed by atoms with Gasteiger partial charge in [-0.2, -0.15) is 21.6 Å². The van der Waals surface area contributed by atoms with Gasteiger partial charge in [-0.25, -0.2) is 0 Å². The lowest BCUT2D eigenvalue weighted by Crippen LogP contribution is -2.39. The monoisotopic (exact) mass is 361 g/mol. The number of hydrogen-bond donors (Lipinski definition) is 0. The second kappa shape index (κ2) is 5.80. The third-order valence-corrected chi connectivity index (χ3v) is 5.09. The molecule has 1 amide bonds. The van der Waals surface area contributed by atoms with Crippen molar-refractivity contribution in [1.82, 2.24) is 4.90 Å². The maximum absolute atomic E-state index is 12.5. The second-order valence-electron chi connectivity index (χ2n) is 5.65. The van der Waals surface area contributed by atoms with E-state index >= 15 is 0 Å². The van der Waals surface area contributed by atoms with Crippen molar-refractivity contribution in [2.24, 2.45) is 0 Å². The summed E-state index contributed by atoms with van der Waals surface area (Å²) in [7, 11) is -5.72. The van der Waals surface area contributed by atoms with Crippen molar-refractivity contribution in [2.75, 3.05) is 0 Å². The van der Waals surface area contributed by atoms with E-state index in [4.69, 9.17) is 0 Å². The van der Waals surface area contributed by atoms with Crippen LogP contribution >= 0.6 is 0 Å². The van der Waals surface area contributed by atoms with Crippen LogP contribution in [0, 0.1) is 0 Å². The molecule has 1 aromatic rings. The molecule has 0 spiro atoms. The molecule has 0 saturated carbocycles. The minimum Gasteiger partial charge on any atom is -0.381 e. The zero-order valence-electron chi connectivity index (χ0n) is 12.4. The topological polar surface area (TPSA) is 63.7 Å². The van der Waals surface area contributed by atoms with Crippen LogP contribution in [0.4, 0.5) is 13.2 Å². The summed E-state index contributed by atoms with van der Waals surface area (Å²) >= 11 is 0. The molecular formula is C15H14F3NO4S. The zero-order valence-corrected chi connectivity index (χ0v) is 13.2. The summed E-state index contributed by atoms with van der Waals surface area (Å²) in [5.74, 6) is -0.389. The Morgan fingerprint density at radius 1 is 1.17 bits per heavy atom. The van der Waals surface area contributed by atoms with E-state index < -0.39 is 27.7 Å². The van der Waals surface area contributed by atoms with Crippen LogP contribution in [0.25, 0.3) is 0 Å². The largest absolute Gasteiger partial charge is 0.534 e. The highest BCUT2D eigenvalue weighted by Gasteiger charge is 2.50. The van der Waals surface area contributed by atoms with E-state index in [1.807, 2.05) is 0 Å². The van der Waals surface area contributed by atoms with Crippen molar-refractivity contribution in [1.29, 1.82) is 0 Å². The van der Waals surface area contributed by atoms with Crippen molar-refractivity contribution in [3.8, 4) is 0 Å². The lowest BCUT2D eigenvalue weighted by Gasteiger charge is -2.36. The molecule has 0 bridgehead atoms. The molecule has 0 aliphatic carbocycles. The minimum atomic E-state index is -5.72. The fourth-order valence-electron chi connectivity index (χ4n) is 3.07. The Balaban J connectivity index is 1.93. The predicted octanol–water partition coefficient (Wildman–Crippen LogP) is 2.87. The molecule has 1 fully saturated rings. The normalized spacial score (nSPS) is 24.5. The van der Waals surface area contributed by atoms with Crippen molar-refractivity contribution in [2.45, 2.75) is 36.9 Å². The van der Waals surface area contributed by atoms with Crippen LogP contribution in [-0.2, 0) is 19.1 Å². The van der Waals surface area contributed by atoms with Gasteiger partial charge < -0.3 is 9.08 Å². The second-order valence-corrected chi connectivity index (χ2v) is 7.19. The Hall–Kier alpha value is -2.03. The Bertz CT molecular complexity index is 774. The maximum atomic E-state index is 12.5.